The van der Waals surface area contributed by atoms with Crippen molar-refractivity contribution in [3.05, 3.63) is 42.0 Å². The molecule has 1 aliphatic rings. The number of carbonyl (C=O) groups excluding carboxylic acids is 1. The van der Waals surface area contributed by atoms with Crippen LogP contribution in [0, 0.1) is 5.92 Å². The molecule has 2 heterocycles. The van der Waals surface area contributed by atoms with Crippen LogP contribution in [0.15, 0.2) is 30.6 Å². The highest BCUT2D eigenvalue weighted by atomic mass is 16.5. The van der Waals surface area contributed by atoms with Gasteiger partial charge in [0, 0.05) is 31.3 Å². The van der Waals surface area contributed by atoms with Gasteiger partial charge in [-0.1, -0.05) is 19.1 Å². The lowest BCUT2D eigenvalue weighted by Crippen LogP contribution is -2.36. The molecule has 1 aliphatic heterocycles. The van der Waals surface area contributed by atoms with Crippen LogP contribution in [0.4, 0.5) is 0 Å². The van der Waals surface area contributed by atoms with Gasteiger partial charge in [0.2, 0.25) is 5.91 Å². The summed E-state index contributed by atoms with van der Waals surface area (Å²) in [5.41, 5.74) is 1.13. The summed E-state index contributed by atoms with van der Waals surface area (Å²) in [6, 6.07) is 5.91. The number of imidazole rings is 1. The Hall–Kier alpha value is -2.50. The zero-order valence-electron chi connectivity index (χ0n) is 14.1. The summed E-state index contributed by atoms with van der Waals surface area (Å²) in [6.45, 7) is 3.52. The number of aromatic nitrogens is 2. The first-order valence-corrected chi connectivity index (χ1v) is 8.26. The molecule has 0 saturated heterocycles. The van der Waals surface area contributed by atoms with Crippen molar-refractivity contribution in [1.29, 1.82) is 0 Å². The van der Waals surface area contributed by atoms with E-state index in [0.717, 1.165) is 35.7 Å². The predicted octanol–water partition coefficient (Wildman–Crippen LogP) is 1.82. The van der Waals surface area contributed by atoms with Crippen molar-refractivity contribution in [2.45, 2.75) is 26.3 Å². The Labute approximate surface area is 141 Å². The summed E-state index contributed by atoms with van der Waals surface area (Å²) in [5.74, 6) is 2.78. The molecule has 3 rings (SSSR count). The summed E-state index contributed by atoms with van der Waals surface area (Å²) >= 11 is 0. The molecular weight excluding hydrogens is 306 g/mol. The highest BCUT2D eigenvalue weighted by Gasteiger charge is 2.23. The van der Waals surface area contributed by atoms with Crippen molar-refractivity contribution in [3.63, 3.8) is 0 Å². The van der Waals surface area contributed by atoms with Crippen LogP contribution in [-0.2, 0) is 24.2 Å². The first kappa shape index (κ1) is 16.4. The molecule has 0 aliphatic carbocycles. The van der Waals surface area contributed by atoms with Crippen LogP contribution in [0.2, 0.25) is 0 Å². The van der Waals surface area contributed by atoms with Crippen LogP contribution in [0.1, 0.15) is 18.3 Å². The second-order valence-corrected chi connectivity index (χ2v) is 5.96. The van der Waals surface area contributed by atoms with E-state index in [4.69, 9.17) is 9.47 Å². The summed E-state index contributed by atoms with van der Waals surface area (Å²) in [6.07, 6.45) is 5.25. The van der Waals surface area contributed by atoms with Gasteiger partial charge < -0.3 is 19.4 Å². The molecule has 24 heavy (non-hydrogen) atoms. The Bertz CT molecular complexity index is 711. The average Bonchev–Trinajstić information content (AvgIpc) is 3.06. The van der Waals surface area contributed by atoms with Crippen LogP contribution < -0.4 is 14.8 Å². The first-order valence-electron chi connectivity index (χ1n) is 8.26. The molecule has 2 aromatic rings. The third-order valence-corrected chi connectivity index (χ3v) is 4.27. The second-order valence-electron chi connectivity index (χ2n) is 5.96. The van der Waals surface area contributed by atoms with Crippen molar-refractivity contribution < 1.29 is 14.3 Å². The minimum Gasteiger partial charge on any atom is -0.493 e. The average molecular weight is 329 g/mol. The van der Waals surface area contributed by atoms with Gasteiger partial charge in [-0.3, -0.25) is 4.79 Å². The van der Waals surface area contributed by atoms with Gasteiger partial charge in [-0.15, -0.1) is 0 Å². The van der Waals surface area contributed by atoms with E-state index >= 15 is 0 Å². The minimum absolute atomic E-state index is 0.000797. The molecule has 0 saturated carbocycles. The van der Waals surface area contributed by atoms with Gasteiger partial charge in [-0.2, -0.15) is 0 Å². The van der Waals surface area contributed by atoms with Gasteiger partial charge in [0.25, 0.3) is 0 Å². The van der Waals surface area contributed by atoms with E-state index in [9.17, 15) is 4.79 Å². The lowest BCUT2D eigenvalue weighted by molar-refractivity contribution is -0.121. The Balaban J connectivity index is 1.53. The molecule has 1 aromatic heterocycles. The molecule has 0 spiro atoms. The van der Waals surface area contributed by atoms with Gasteiger partial charge >= 0.3 is 0 Å². The van der Waals surface area contributed by atoms with Gasteiger partial charge in [0.1, 0.15) is 12.4 Å². The number of rotatable bonds is 6. The van der Waals surface area contributed by atoms with Crippen molar-refractivity contribution in [3.8, 4) is 11.5 Å². The number of nitrogens with zero attached hydrogens (tertiary/aromatic N) is 2. The second kappa shape index (κ2) is 7.38. The Morgan fingerprint density at radius 1 is 1.50 bits per heavy atom. The number of aryl methyl sites for hydroxylation is 1. The summed E-state index contributed by atoms with van der Waals surface area (Å²) in [7, 11) is 1.64. The number of benzene rings is 1. The van der Waals surface area contributed by atoms with Crippen molar-refractivity contribution in [2.75, 3.05) is 20.3 Å². The summed E-state index contributed by atoms with van der Waals surface area (Å²) < 4.78 is 13.0. The molecule has 1 aromatic carbocycles. The highest BCUT2D eigenvalue weighted by Crippen LogP contribution is 2.35. The number of ether oxygens (including phenoxy) is 2. The molecule has 1 amide bonds. The molecule has 6 heteroatoms. The van der Waals surface area contributed by atoms with E-state index < -0.39 is 0 Å². The fourth-order valence-corrected chi connectivity index (χ4v) is 3.02. The third-order valence-electron chi connectivity index (χ3n) is 4.27. The zero-order valence-corrected chi connectivity index (χ0v) is 14.1. The fraction of sp³-hybridized carbons (Fsp3) is 0.444. The molecular formula is C18H23N3O3. The largest absolute Gasteiger partial charge is 0.493 e. The maximum atomic E-state index is 12.1. The van der Waals surface area contributed by atoms with Crippen LogP contribution in [0.3, 0.4) is 0 Å². The number of fused-ring (bicyclic) bond motifs is 1. The van der Waals surface area contributed by atoms with Gasteiger partial charge in [0.15, 0.2) is 11.5 Å². The SMILES string of the molecule is CCc1nccn1CC(=O)NC[C@@H]1COc2c(cccc2OC)C1. The number of carbonyl (C=O) groups is 1. The number of methoxy groups -OCH3 is 1. The molecule has 0 radical (unpaired) electrons. The summed E-state index contributed by atoms with van der Waals surface area (Å²) in [5, 5.41) is 3.00. The van der Waals surface area contributed by atoms with E-state index in [1.807, 2.05) is 35.9 Å². The minimum atomic E-state index is -0.000797. The maximum Gasteiger partial charge on any atom is 0.239 e. The number of nitrogens with one attached hydrogen (secondary N) is 1. The Kier molecular flexibility index (Phi) is 5.03. The van der Waals surface area contributed by atoms with Gasteiger partial charge in [-0.25, -0.2) is 4.98 Å². The van der Waals surface area contributed by atoms with E-state index in [1.54, 1.807) is 13.3 Å². The number of amides is 1. The van der Waals surface area contributed by atoms with E-state index in [1.165, 1.54) is 0 Å². The fourth-order valence-electron chi connectivity index (χ4n) is 3.02. The van der Waals surface area contributed by atoms with Gasteiger partial charge in [0.05, 0.1) is 13.7 Å². The Morgan fingerprint density at radius 2 is 2.38 bits per heavy atom. The number of hydrogen-bond acceptors (Lipinski definition) is 4. The zero-order chi connectivity index (χ0) is 16.9. The monoisotopic (exact) mass is 329 g/mol. The van der Waals surface area contributed by atoms with Gasteiger partial charge in [-0.05, 0) is 18.1 Å². The van der Waals surface area contributed by atoms with Crippen LogP contribution in [0.5, 0.6) is 11.5 Å². The van der Waals surface area contributed by atoms with Crippen molar-refractivity contribution in [1.82, 2.24) is 14.9 Å². The van der Waals surface area contributed by atoms with Crippen LogP contribution in [-0.4, -0.2) is 35.7 Å². The Morgan fingerprint density at radius 3 is 3.17 bits per heavy atom. The third kappa shape index (κ3) is 3.53. The predicted molar refractivity (Wildman–Crippen MR) is 90.3 cm³/mol. The quantitative estimate of drug-likeness (QED) is 0.878. The first-order chi connectivity index (χ1) is 11.7. The standard InChI is InChI=1S/C18H23N3O3/c1-3-16-19-7-8-21(16)11-17(22)20-10-13-9-14-5-4-6-15(23-2)18(14)24-12-13/h4-8,13H,3,9-12H2,1-2H3,(H,20,22)/t13-/m1/s1. The summed E-state index contributed by atoms with van der Waals surface area (Å²) in [4.78, 5) is 16.4. The van der Waals surface area contributed by atoms with Crippen LogP contribution in [0.25, 0.3) is 0 Å². The van der Waals surface area contributed by atoms with Crippen LogP contribution >= 0.6 is 0 Å². The van der Waals surface area contributed by atoms with E-state index in [0.29, 0.717) is 19.7 Å². The lowest BCUT2D eigenvalue weighted by Gasteiger charge is -2.26. The molecule has 1 N–H and O–H groups in total. The molecule has 1 atom stereocenters. The molecule has 0 fully saturated rings. The van der Waals surface area contributed by atoms with Crippen molar-refractivity contribution >= 4 is 5.91 Å². The molecule has 6 nitrogen and oxygen atoms in total. The van der Waals surface area contributed by atoms with E-state index in [-0.39, 0.29) is 11.8 Å². The number of hydrogen-bond donors (Lipinski definition) is 1. The molecule has 128 valence electrons. The topological polar surface area (TPSA) is 65.4 Å². The van der Waals surface area contributed by atoms with E-state index in [2.05, 4.69) is 10.3 Å². The maximum absolute atomic E-state index is 12.1. The highest BCUT2D eigenvalue weighted by molar-refractivity contribution is 5.75. The lowest BCUT2D eigenvalue weighted by atomic mass is 9.96. The molecule has 0 bridgehead atoms. The number of para-hydroxylation sites is 1. The smallest absolute Gasteiger partial charge is 0.239 e. The molecule has 0 unspecified atom stereocenters. The van der Waals surface area contributed by atoms with Crippen molar-refractivity contribution in [2.24, 2.45) is 5.92 Å². The normalized spacial score (nSPS) is 16.2.